The van der Waals surface area contributed by atoms with Crippen LogP contribution in [0.1, 0.15) is 26.5 Å². The number of amides is 2. The molecule has 0 fully saturated rings. The summed E-state index contributed by atoms with van der Waals surface area (Å²) in [7, 11) is 0. The van der Waals surface area contributed by atoms with Crippen molar-refractivity contribution < 1.29 is 13.9 Å². The molecule has 0 aliphatic heterocycles. The standard InChI is InChI=1S/C25H30N8O4S/c1-5-26-24(34)30-20-11-18(23-29-15(4)14-38-23)19(13-27-20)17-10-16(21-31-32-25(35)37-21)12-28-22(17)36-9-8-33(6-2)7-3/h10-14H,5-9H2,1-4H3,(H,32,35)(H2,26,27,30,34). The van der Waals surface area contributed by atoms with Crippen molar-refractivity contribution in [3.05, 3.63) is 46.2 Å². The summed E-state index contributed by atoms with van der Waals surface area (Å²) < 4.78 is 11.3. The van der Waals surface area contributed by atoms with E-state index in [9.17, 15) is 9.59 Å². The third-order valence-corrected chi connectivity index (χ3v) is 6.69. The molecule has 12 nitrogen and oxygen atoms in total. The molecule has 0 spiro atoms. The molecule has 4 rings (SSSR count). The highest BCUT2D eigenvalue weighted by molar-refractivity contribution is 7.13. The first-order valence-electron chi connectivity index (χ1n) is 12.3. The Labute approximate surface area is 223 Å². The van der Waals surface area contributed by atoms with Crippen molar-refractivity contribution in [1.82, 2.24) is 35.4 Å². The third-order valence-electron chi connectivity index (χ3n) is 5.70. The number of carbonyl (C=O) groups is 1. The summed E-state index contributed by atoms with van der Waals surface area (Å²) in [6.07, 6.45) is 3.19. The molecule has 0 bridgehead atoms. The van der Waals surface area contributed by atoms with Gasteiger partial charge in [-0.2, -0.15) is 0 Å². The van der Waals surface area contributed by atoms with Gasteiger partial charge >= 0.3 is 11.8 Å². The number of ether oxygens (including phenoxy) is 1. The maximum absolute atomic E-state index is 12.1. The highest BCUT2D eigenvalue weighted by Gasteiger charge is 2.20. The zero-order valence-electron chi connectivity index (χ0n) is 21.7. The molecule has 0 saturated heterocycles. The van der Waals surface area contributed by atoms with Crippen LogP contribution in [0.5, 0.6) is 5.88 Å². The van der Waals surface area contributed by atoms with Crippen LogP contribution in [-0.2, 0) is 0 Å². The summed E-state index contributed by atoms with van der Waals surface area (Å²) in [6.45, 7) is 11.4. The normalized spacial score (nSPS) is 11.1. The van der Waals surface area contributed by atoms with Gasteiger partial charge in [-0.25, -0.2) is 29.6 Å². The number of nitrogens with zero attached hydrogens (tertiary/aromatic N) is 5. The van der Waals surface area contributed by atoms with E-state index in [1.807, 2.05) is 19.2 Å². The summed E-state index contributed by atoms with van der Waals surface area (Å²) in [6, 6.07) is 3.20. The topological polar surface area (TPSA) is 151 Å². The molecule has 0 unspecified atom stereocenters. The average Bonchev–Trinajstić information content (AvgIpc) is 3.55. The molecular weight excluding hydrogens is 508 g/mol. The third kappa shape index (κ3) is 6.42. The molecule has 13 heteroatoms. The van der Waals surface area contributed by atoms with Gasteiger partial charge in [0.1, 0.15) is 17.4 Å². The predicted molar refractivity (Wildman–Crippen MR) is 145 cm³/mol. The van der Waals surface area contributed by atoms with E-state index < -0.39 is 5.76 Å². The lowest BCUT2D eigenvalue weighted by molar-refractivity contribution is 0.218. The molecule has 4 aromatic heterocycles. The first-order chi connectivity index (χ1) is 18.4. The summed E-state index contributed by atoms with van der Waals surface area (Å²) in [5, 5.41) is 14.3. The quantitative estimate of drug-likeness (QED) is 0.259. The lowest BCUT2D eigenvalue weighted by Crippen LogP contribution is -2.28. The number of likely N-dealkylation sites (N-methyl/N-ethyl adjacent to an activating group) is 1. The van der Waals surface area contributed by atoms with E-state index in [-0.39, 0.29) is 11.9 Å². The van der Waals surface area contributed by atoms with Gasteiger partial charge in [-0.3, -0.25) is 5.32 Å². The van der Waals surface area contributed by atoms with E-state index in [1.54, 1.807) is 24.5 Å². The Morgan fingerprint density at radius 3 is 2.61 bits per heavy atom. The van der Waals surface area contributed by atoms with Crippen LogP contribution in [0.3, 0.4) is 0 Å². The van der Waals surface area contributed by atoms with Gasteiger partial charge < -0.3 is 19.4 Å². The first kappa shape index (κ1) is 26.9. The Morgan fingerprint density at radius 2 is 1.95 bits per heavy atom. The number of thiazole rings is 1. The summed E-state index contributed by atoms with van der Waals surface area (Å²) in [4.78, 5) is 39.6. The highest BCUT2D eigenvalue weighted by Crippen LogP contribution is 2.39. The number of aryl methyl sites for hydroxylation is 1. The monoisotopic (exact) mass is 538 g/mol. The maximum Gasteiger partial charge on any atom is 0.434 e. The van der Waals surface area contributed by atoms with Crippen LogP contribution in [0, 0.1) is 6.92 Å². The lowest BCUT2D eigenvalue weighted by Gasteiger charge is -2.19. The SMILES string of the molecule is CCNC(=O)Nc1cc(-c2nc(C)cs2)c(-c2cc(-c3n[nH]c(=O)o3)cnc2OCCN(CC)CC)cn1. The number of H-pyrrole nitrogens is 1. The number of urea groups is 1. The van der Waals surface area contributed by atoms with Gasteiger partial charge in [-0.15, -0.1) is 16.4 Å². The number of pyridine rings is 2. The van der Waals surface area contributed by atoms with E-state index in [1.165, 1.54) is 11.3 Å². The van der Waals surface area contributed by atoms with Crippen molar-refractivity contribution in [2.45, 2.75) is 27.7 Å². The minimum atomic E-state index is -0.664. The number of aromatic nitrogens is 5. The molecule has 0 aliphatic rings. The summed E-state index contributed by atoms with van der Waals surface area (Å²) >= 11 is 1.47. The Hall–Kier alpha value is -4.10. The molecule has 0 aromatic carbocycles. The smallest absolute Gasteiger partial charge is 0.434 e. The molecule has 0 aliphatic carbocycles. The van der Waals surface area contributed by atoms with Gasteiger partial charge in [0.25, 0.3) is 5.89 Å². The van der Waals surface area contributed by atoms with Crippen molar-refractivity contribution in [3.8, 4) is 39.0 Å². The van der Waals surface area contributed by atoms with Gasteiger partial charge in [0.05, 0.1) is 5.56 Å². The molecule has 3 N–H and O–H groups in total. The first-order valence-corrected chi connectivity index (χ1v) is 13.2. The second-order valence-electron chi connectivity index (χ2n) is 8.26. The van der Waals surface area contributed by atoms with Crippen molar-refractivity contribution >= 4 is 23.2 Å². The minimum absolute atomic E-state index is 0.104. The van der Waals surface area contributed by atoms with Crippen LogP contribution in [0.25, 0.3) is 33.2 Å². The van der Waals surface area contributed by atoms with E-state index in [0.29, 0.717) is 41.5 Å². The Balaban J connectivity index is 1.81. The zero-order valence-corrected chi connectivity index (χ0v) is 22.5. The lowest BCUT2D eigenvalue weighted by atomic mass is 10.0. The number of anilines is 1. The number of hydrogen-bond donors (Lipinski definition) is 3. The summed E-state index contributed by atoms with van der Waals surface area (Å²) in [5.41, 5.74) is 3.39. The van der Waals surface area contributed by atoms with Gasteiger partial charge in [0.15, 0.2) is 0 Å². The minimum Gasteiger partial charge on any atom is -0.476 e. The number of rotatable bonds is 11. The van der Waals surface area contributed by atoms with Crippen LogP contribution in [-0.4, -0.2) is 68.9 Å². The fourth-order valence-corrected chi connectivity index (χ4v) is 4.58. The van der Waals surface area contributed by atoms with Crippen molar-refractivity contribution in [1.29, 1.82) is 0 Å². The van der Waals surface area contributed by atoms with Gasteiger partial charge in [0, 0.05) is 53.2 Å². The van der Waals surface area contributed by atoms with Crippen LogP contribution < -0.4 is 21.1 Å². The van der Waals surface area contributed by atoms with Crippen LogP contribution in [0.15, 0.2) is 39.1 Å². The van der Waals surface area contributed by atoms with E-state index in [2.05, 4.69) is 54.5 Å². The van der Waals surface area contributed by atoms with Crippen LogP contribution >= 0.6 is 11.3 Å². The van der Waals surface area contributed by atoms with Crippen molar-refractivity contribution in [3.63, 3.8) is 0 Å². The van der Waals surface area contributed by atoms with Crippen LogP contribution in [0.2, 0.25) is 0 Å². The molecule has 0 radical (unpaired) electrons. The van der Waals surface area contributed by atoms with Gasteiger partial charge in [0.2, 0.25) is 5.88 Å². The maximum atomic E-state index is 12.1. The Kier molecular flexibility index (Phi) is 8.81. The molecule has 2 amide bonds. The number of carbonyl (C=O) groups excluding carboxylic acids is 1. The fraction of sp³-hybridized carbons (Fsp3) is 0.360. The molecule has 4 heterocycles. The molecule has 0 saturated carbocycles. The largest absolute Gasteiger partial charge is 0.476 e. The number of aromatic amines is 1. The second-order valence-corrected chi connectivity index (χ2v) is 9.12. The summed E-state index contributed by atoms with van der Waals surface area (Å²) in [5.74, 6) is 0.198. The second kappa shape index (κ2) is 12.4. The highest BCUT2D eigenvalue weighted by atomic mass is 32.1. The molecule has 0 atom stereocenters. The average molecular weight is 539 g/mol. The number of hydrogen-bond acceptors (Lipinski definition) is 10. The fourth-order valence-electron chi connectivity index (χ4n) is 3.76. The van der Waals surface area contributed by atoms with Crippen molar-refractivity contribution in [2.24, 2.45) is 0 Å². The van der Waals surface area contributed by atoms with Crippen molar-refractivity contribution in [2.75, 3.05) is 38.1 Å². The van der Waals surface area contributed by atoms with E-state index >= 15 is 0 Å². The molecule has 200 valence electrons. The number of nitrogens with one attached hydrogen (secondary N) is 3. The van der Waals surface area contributed by atoms with Gasteiger partial charge in [-0.05, 0) is 39.1 Å². The molecule has 38 heavy (non-hydrogen) atoms. The van der Waals surface area contributed by atoms with Crippen LogP contribution in [0.4, 0.5) is 10.6 Å². The Morgan fingerprint density at radius 1 is 1.13 bits per heavy atom. The predicted octanol–water partition coefficient (Wildman–Crippen LogP) is 3.78. The molecular formula is C25H30N8O4S. The molecule has 4 aromatic rings. The Bertz CT molecular complexity index is 1440. The van der Waals surface area contributed by atoms with Gasteiger partial charge in [-0.1, -0.05) is 13.8 Å². The zero-order chi connectivity index (χ0) is 27.1. The van der Waals surface area contributed by atoms with E-state index in [4.69, 9.17) is 9.15 Å². The van der Waals surface area contributed by atoms with E-state index in [0.717, 1.165) is 35.9 Å².